The van der Waals surface area contributed by atoms with Gasteiger partial charge in [0.15, 0.2) is 0 Å². The minimum atomic E-state index is -0.0807. The maximum absolute atomic E-state index is 12.4. The molecule has 142 valence electrons. The Bertz CT molecular complexity index is 1250. The van der Waals surface area contributed by atoms with Crippen molar-refractivity contribution in [2.75, 3.05) is 0 Å². The molecule has 28 heavy (non-hydrogen) atoms. The first-order chi connectivity index (χ1) is 13.5. The number of phenols is 1. The van der Waals surface area contributed by atoms with Crippen molar-refractivity contribution in [2.24, 2.45) is 5.73 Å². The van der Waals surface area contributed by atoms with Crippen molar-refractivity contribution in [3.63, 3.8) is 0 Å². The van der Waals surface area contributed by atoms with Crippen LogP contribution in [0.25, 0.3) is 32.1 Å². The van der Waals surface area contributed by atoms with E-state index in [2.05, 4.69) is 29.2 Å². The van der Waals surface area contributed by atoms with Crippen molar-refractivity contribution in [3.8, 4) is 16.9 Å². The van der Waals surface area contributed by atoms with Crippen molar-refractivity contribution in [2.45, 2.75) is 38.1 Å². The van der Waals surface area contributed by atoms with Crippen LogP contribution >= 0.6 is 11.3 Å². The van der Waals surface area contributed by atoms with Crippen LogP contribution in [0, 0.1) is 6.92 Å². The lowest BCUT2D eigenvalue weighted by atomic mass is 9.91. The van der Waals surface area contributed by atoms with Crippen LogP contribution < -0.4 is 11.3 Å². The highest BCUT2D eigenvalue weighted by atomic mass is 32.1. The Hall–Kier alpha value is -2.63. The highest BCUT2D eigenvalue weighted by Gasteiger charge is 2.25. The van der Waals surface area contributed by atoms with E-state index in [0.29, 0.717) is 10.6 Å². The first kappa shape index (κ1) is 17.5. The molecule has 2 aromatic heterocycles. The van der Waals surface area contributed by atoms with E-state index < -0.39 is 0 Å². The average molecular weight is 391 g/mol. The maximum Gasteiger partial charge on any atom is 0.266 e. The first-order valence-electron chi connectivity index (χ1n) is 9.66. The van der Waals surface area contributed by atoms with Gasteiger partial charge in [0.25, 0.3) is 5.56 Å². The number of H-pyrrole nitrogens is 1. The minimum absolute atomic E-state index is 0.0807. The van der Waals surface area contributed by atoms with Gasteiger partial charge in [0.05, 0.1) is 5.52 Å². The number of rotatable bonds is 2. The van der Waals surface area contributed by atoms with E-state index in [-0.39, 0.29) is 17.4 Å². The lowest BCUT2D eigenvalue weighted by Gasteiger charge is -2.17. The number of aryl methyl sites for hydroxylation is 1. The number of hydrogen-bond acceptors (Lipinski definition) is 4. The quantitative estimate of drug-likeness (QED) is 0.450. The van der Waals surface area contributed by atoms with Crippen molar-refractivity contribution in [1.29, 1.82) is 0 Å². The van der Waals surface area contributed by atoms with Crippen LogP contribution in [0.1, 0.15) is 36.3 Å². The Balaban J connectivity index is 1.75. The summed E-state index contributed by atoms with van der Waals surface area (Å²) in [5.41, 5.74) is 10.8. The fourth-order valence-corrected chi connectivity index (χ4v) is 5.47. The second-order valence-electron chi connectivity index (χ2n) is 7.78. The second-order valence-corrected chi connectivity index (χ2v) is 8.69. The fraction of sp³-hybridized carbons (Fsp3) is 0.261. The molecule has 4 aromatic rings. The number of aromatic nitrogens is 1. The smallest absolute Gasteiger partial charge is 0.266 e. The zero-order valence-electron chi connectivity index (χ0n) is 15.7. The monoisotopic (exact) mass is 390 g/mol. The Morgan fingerprint density at radius 3 is 2.68 bits per heavy atom. The molecule has 2 aromatic carbocycles. The lowest BCUT2D eigenvalue weighted by Crippen LogP contribution is -2.22. The van der Waals surface area contributed by atoms with Gasteiger partial charge in [-0.1, -0.05) is 30.7 Å². The highest BCUT2D eigenvalue weighted by molar-refractivity contribution is 7.17. The number of benzene rings is 2. The van der Waals surface area contributed by atoms with E-state index in [0.717, 1.165) is 45.8 Å². The number of thiophene rings is 1. The molecule has 1 fully saturated rings. The van der Waals surface area contributed by atoms with E-state index in [9.17, 15) is 9.90 Å². The summed E-state index contributed by atoms with van der Waals surface area (Å²) in [6, 6.07) is 12.3. The van der Waals surface area contributed by atoms with Crippen LogP contribution in [-0.4, -0.2) is 16.1 Å². The number of aromatic hydroxyl groups is 1. The van der Waals surface area contributed by atoms with Crippen molar-refractivity contribution in [1.82, 2.24) is 4.98 Å². The molecule has 2 heterocycles. The van der Waals surface area contributed by atoms with Gasteiger partial charge in [-0.25, -0.2) is 0 Å². The third-order valence-corrected chi connectivity index (χ3v) is 6.99. The molecule has 4 N–H and O–H groups in total. The summed E-state index contributed by atoms with van der Waals surface area (Å²) in [5, 5.41) is 14.5. The topological polar surface area (TPSA) is 79.1 Å². The Morgan fingerprint density at radius 2 is 1.96 bits per heavy atom. The second kappa shape index (κ2) is 6.47. The summed E-state index contributed by atoms with van der Waals surface area (Å²) in [4.78, 5) is 15.5. The van der Waals surface area contributed by atoms with Gasteiger partial charge in [-0.05, 0) is 59.9 Å². The van der Waals surface area contributed by atoms with Crippen LogP contribution in [-0.2, 0) is 0 Å². The minimum Gasteiger partial charge on any atom is -0.507 e. The van der Waals surface area contributed by atoms with E-state index in [1.54, 1.807) is 6.07 Å². The molecule has 0 aliphatic heterocycles. The van der Waals surface area contributed by atoms with Gasteiger partial charge in [0.2, 0.25) is 0 Å². The van der Waals surface area contributed by atoms with Gasteiger partial charge >= 0.3 is 0 Å². The lowest BCUT2D eigenvalue weighted by molar-refractivity contribution is 0.477. The number of pyridine rings is 1. The molecule has 0 bridgehead atoms. The van der Waals surface area contributed by atoms with Gasteiger partial charge in [-0.3, -0.25) is 4.79 Å². The summed E-state index contributed by atoms with van der Waals surface area (Å²) in [5.74, 6) is 0.646. The van der Waals surface area contributed by atoms with E-state index >= 15 is 0 Å². The molecule has 4 nitrogen and oxygen atoms in total. The summed E-state index contributed by atoms with van der Waals surface area (Å²) in [6.45, 7) is 1.91. The van der Waals surface area contributed by atoms with Crippen LogP contribution in [0.4, 0.5) is 0 Å². The molecule has 5 rings (SSSR count). The van der Waals surface area contributed by atoms with Crippen molar-refractivity contribution < 1.29 is 5.11 Å². The van der Waals surface area contributed by atoms with Crippen molar-refractivity contribution >= 4 is 32.3 Å². The Morgan fingerprint density at radius 1 is 1.18 bits per heavy atom. The molecule has 1 aliphatic rings. The molecule has 5 heteroatoms. The van der Waals surface area contributed by atoms with Gasteiger partial charge in [0, 0.05) is 22.4 Å². The van der Waals surface area contributed by atoms with E-state index in [1.807, 2.05) is 18.4 Å². The summed E-state index contributed by atoms with van der Waals surface area (Å²) in [6.07, 6.45) is 3.40. The van der Waals surface area contributed by atoms with Crippen LogP contribution in [0.15, 0.2) is 46.6 Å². The number of hydrogen-bond donors (Lipinski definition) is 3. The molecule has 0 saturated heterocycles. The zero-order chi connectivity index (χ0) is 19.4. The third-order valence-electron chi connectivity index (χ3n) is 6.08. The molecule has 0 radical (unpaired) electrons. The maximum atomic E-state index is 12.4. The predicted octanol–water partition coefficient (Wildman–Crippen LogP) is 5.02. The van der Waals surface area contributed by atoms with Gasteiger partial charge in [0.1, 0.15) is 10.4 Å². The van der Waals surface area contributed by atoms with Crippen LogP contribution in [0.2, 0.25) is 0 Å². The standard InChI is InChI=1S/C23H22N2O2S/c1-12-11-18(26)19(20-16-9-10-28-22(16)23(27)25-21(12)20)14-7-5-13(6-8-14)15-3-2-4-17(15)24/h5-11,15,17,26H,2-4,24H2,1H3,(H,25,27)/t15-,17+/m0/s1. The highest BCUT2D eigenvalue weighted by Crippen LogP contribution is 2.42. The number of nitrogens with two attached hydrogens (primary N) is 1. The molecule has 0 spiro atoms. The normalized spacial score (nSPS) is 19.6. The third kappa shape index (κ3) is 2.58. The van der Waals surface area contributed by atoms with Gasteiger partial charge < -0.3 is 15.8 Å². The van der Waals surface area contributed by atoms with Crippen molar-refractivity contribution in [3.05, 3.63) is 63.3 Å². The first-order valence-corrected chi connectivity index (χ1v) is 10.5. The molecular formula is C23H22N2O2S. The molecule has 1 aliphatic carbocycles. The Labute approximate surface area is 166 Å². The molecular weight excluding hydrogens is 368 g/mol. The van der Waals surface area contributed by atoms with Gasteiger partial charge in [-0.15, -0.1) is 11.3 Å². The molecule has 0 unspecified atom stereocenters. The predicted molar refractivity (Wildman–Crippen MR) is 116 cm³/mol. The average Bonchev–Trinajstić information content (AvgIpc) is 3.33. The number of nitrogens with one attached hydrogen (secondary N) is 1. The largest absolute Gasteiger partial charge is 0.507 e. The molecule has 1 saturated carbocycles. The number of aromatic amines is 1. The summed E-state index contributed by atoms with van der Waals surface area (Å²) >= 11 is 1.42. The molecule has 0 amide bonds. The zero-order valence-corrected chi connectivity index (χ0v) is 16.5. The number of fused-ring (bicyclic) bond motifs is 3. The fourth-order valence-electron chi connectivity index (χ4n) is 4.67. The van der Waals surface area contributed by atoms with Crippen LogP contribution in [0.5, 0.6) is 5.75 Å². The SMILES string of the molecule is Cc1cc(O)c(-c2ccc([C@@H]3CCC[C@H]3N)cc2)c2c1[nH]c(=O)c1sccc12. The van der Waals surface area contributed by atoms with Crippen LogP contribution in [0.3, 0.4) is 0 Å². The summed E-state index contributed by atoms with van der Waals surface area (Å²) < 4.78 is 0.687. The van der Waals surface area contributed by atoms with E-state index in [4.69, 9.17) is 5.73 Å². The molecule has 2 atom stereocenters. The number of phenolic OH excluding ortho intramolecular Hbond substituents is 1. The summed E-state index contributed by atoms with van der Waals surface area (Å²) in [7, 11) is 0. The Kier molecular flexibility index (Phi) is 4.03. The van der Waals surface area contributed by atoms with Gasteiger partial charge in [-0.2, -0.15) is 0 Å². The van der Waals surface area contributed by atoms with E-state index in [1.165, 1.54) is 23.3 Å².